The molecule has 0 aliphatic heterocycles. The third-order valence-electron chi connectivity index (χ3n) is 2.58. The first-order valence-corrected chi connectivity index (χ1v) is 4.23. The zero-order valence-electron chi connectivity index (χ0n) is 7.10. The molecule has 1 aliphatic rings. The molecule has 62 valence electrons. The molecule has 0 heterocycles. The van der Waals surface area contributed by atoms with E-state index >= 15 is 0 Å². The van der Waals surface area contributed by atoms with E-state index in [1.807, 2.05) is 0 Å². The number of ether oxygens (including phenoxy) is 1. The molecule has 1 aliphatic carbocycles. The van der Waals surface area contributed by atoms with Crippen molar-refractivity contribution in [3.63, 3.8) is 0 Å². The van der Waals surface area contributed by atoms with Gasteiger partial charge in [0.25, 0.3) is 0 Å². The van der Waals surface area contributed by atoms with Gasteiger partial charge in [0.2, 0.25) is 0 Å². The molecule has 0 aromatic carbocycles. The highest BCUT2D eigenvalue weighted by molar-refractivity contribution is 5.01. The van der Waals surface area contributed by atoms with Crippen LogP contribution in [0.15, 0.2) is 0 Å². The fraction of sp³-hybridized carbons (Fsp3) is 0.889. The fourth-order valence-corrected chi connectivity index (χ4v) is 1.77. The van der Waals surface area contributed by atoms with E-state index in [1.54, 1.807) is 7.11 Å². The van der Waals surface area contributed by atoms with Crippen LogP contribution in [0.25, 0.3) is 0 Å². The lowest BCUT2D eigenvalue weighted by molar-refractivity contribution is 0.161. The highest BCUT2D eigenvalue weighted by Crippen LogP contribution is 2.40. The van der Waals surface area contributed by atoms with Gasteiger partial charge in [0, 0.05) is 13.7 Å². The number of nitrogens with zero attached hydrogens (tertiary/aromatic N) is 1. The van der Waals surface area contributed by atoms with Gasteiger partial charge in [-0.2, -0.15) is 5.26 Å². The van der Waals surface area contributed by atoms with Crippen molar-refractivity contribution in [3.05, 3.63) is 0 Å². The van der Waals surface area contributed by atoms with E-state index in [2.05, 4.69) is 6.07 Å². The van der Waals surface area contributed by atoms with Gasteiger partial charge in [-0.15, -0.1) is 0 Å². The zero-order valence-corrected chi connectivity index (χ0v) is 7.10. The SMILES string of the molecule is COCCC1(C#N)CCCC1. The fourth-order valence-electron chi connectivity index (χ4n) is 1.77. The normalized spacial score (nSPS) is 21.5. The molecule has 0 aromatic heterocycles. The summed E-state index contributed by atoms with van der Waals surface area (Å²) in [6, 6.07) is 2.43. The molecule has 2 heteroatoms. The van der Waals surface area contributed by atoms with Crippen molar-refractivity contribution in [2.45, 2.75) is 32.1 Å². The molecule has 1 rings (SSSR count). The van der Waals surface area contributed by atoms with Crippen LogP contribution in [0.4, 0.5) is 0 Å². The van der Waals surface area contributed by atoms with Crippen molar-refractivity contribution < 1.29 is 4.74 Å². The van der Waals surface area contributed by atoms with Crippen LogP contribution in [-0.2, 0) is 4.74 Å². The van der Waals surface area contributed by atoms with E-state index < -0.39 is 0 Å². The number of nitriles is 1. The maximum absolute atomic E-state index is 8.94. The summed E-state index contributed by atoms with van der Waals surface area (Å²) in [6.45, 7) is 0.730. The molecule has 0 aromatic rings. The lowest BCUT2D eigenvalue weighted by Crippen LogP contribution is -2.15. The van der Waals surface area contributed by atoms with Crippen molar-refractivity contribution in [3.8, 4) is 6.07 Å². The predicted molar refractivity (Wildman–Crippen MR) is 43.0 cm³/mol. The number of rotatable bonds is 3. The van der Waals surface area contributed by atoms with Crippen molar-refractivity contribution >= 4 is 0 Å². The van der Waals surface area contributed by atoms with E-state index in [0.29, 0.717) is 0 Å². The Morgan fingerprint density at radius 1 is 1.45 bits per heavy atom. The Kier molecular flexibility index (Phi) is 2.90. The third kappa shape index (κ3) is 1.94. The van der Waals surface area contributed by atoms with Crippen molar-refractivity contribution in [1.29, 1.82) is 5.26 Å². The van der Waals surface area contributed by atoms with Gasteiger partial charge in [0.1, 0.15) is 0 Å². The summed E-state index contributed by atoms with van der Waals surface area (Å²) < 4.78 is 4.98. The van der Waals surface area contributed by atoms with E-state index in [-0.39, 0.29) is 5.41 Å². The maximum Gasteiger partial charge on any atom is 0.0690 e. The number of methoxy groups -OCH3 is 1. The first-order chi connectivity index (χ1) is 5.33. The number of hydrogen-bond acceptors (Lipinski definition) is 2. The largest absolute Gasteiger partial charge is 0.385 e. The Morgan fingerprint density at radius 2 is 2.09 bits per heavy atom. The molecule has 0 radical (unpaired) electrons. The minimum atomic E-state index is -0.0317. The second kappa shape index (κ2) is 3.73. The Labute approximate surface area is 68.2 Å². The molecule has 0 N–H and O–H groups in total. The molecule has 2 nitrogen and oxygen atoms in total. The summed E-state index contributed by atoms with van der Waals surface area (Å²) in [5.74, 6) is 0. The van der Waals surface area contributed by atoms with Crippen molar-refractivity contribution in [1.82, 2.24) is 0 Å². The zero-order chi connectivity index (χ0) is 8.16. The topological polar surface area (TPSA) is 33.0 Å². The smallest absolute Gasteiger partial charge is 0.0690 e. The predicted octanol–water partition coefficient (Wildman–Crippen LogP) is 2.11. The first kappa shape index (κ1) is 8.55. The van der Waals surface area contributed by atoms with E-state index in [0.717, 1.165) is 25.9 Å². The van der Waals surface area contributed by atoms with Crippen LogP contribution in [-0.4, -0.2) is 13.7 Å². The highest BCUT2D eigenvalue weighted by atomic mass is 16.5. The number of hydrogen-bond donors (Lipinski definition) is 0. The monoisotopic (exact) mass is 153 g/mol. The molecule has 0 saturated heterocycles. The second-order valence-corrected chi connectivity index (χ2v) is 3.34. The van der Waals surface area contributed by atoms with E-state index in [1.165, 1.54) is 12.8 Å². The van der Waals surface area contributed by atoms with E-state index in [4.69, 9.17) is 10.00 Å². The Bertz CT molecular complexity index is 153. The van der Waals surface area contributed by atoms with Crippen LogP contribution < -0.4 is 0 Å². The molecule has 11 heavy (non-hydrogen) atoms. The van der Waals surface area contributed by atoms with Crippen LogP contribution in [0.3, 0.4) is 0 Å². The van der Waals surface area contributed by atoms with Crippen molar-refractivity contribution in [2.24, 2.45) is 5.41 Å². The molecule has 0 bridgehead atoms. The van der Waals surface area contributed by atoms with Gasteiger partial charge in [0.05, 0.1) is 11.5 Å². The van der Waals surface area contributed by atoms with Gasteiger partial charge in [-0.05, 0) is 19.3 Å². The van der Waals surface area contributed by atoms with Gasteiger partial charge in [-0.3, -0.25) is 0 Å². The van der Waals surface area contributed by atoms with Crippen LogP contribution in [0.1, 0.15) is 32.1 Å². The molecule has 0 spiro atoms. The molecular formula is C9H15NO. The molecular weight excluding hydrogens is 138 g/mol. The average Bonchev–Trinajstić information content (AvgIpc) is 2.50. The van der Waals surface area contributed by atoms with Gasteiger partial charge in [-0.25, -0.2) is 0 Å². The lowest BCUT2D eigenvalue weighted by Gasteiger charge is -2.18. The Balaban J connectivity index is 2.41. The molecule has 1 saturated carbocycles. The summed E-state index contributed by atoms with van der Waals surface area (Å²) in [5.41, 5.74) is -0.0317. The van der Waals surface area contributed by atoms with Gasteiger partial charge < -0.3 is 4.74 Å². The summed E-state index contributed by atoms with van der Waals surface area (Å²) in [4.78, 5) is 0. The summed E-state index contributed by atoms with van der Waals surface area (Å²) in [5, 5.41) is 8.94. The summed E-state index contributed by atoms with van der Waals surface area (Å²) >= 11 is 0. The van der Waals surface area contributed by atoms with Crippen molar-refractivity contribution in [2.75, 3.05) is 13.7 Å². The van der Waals surface area contributed by atoms with Crippen LogP contribution in [0.5, 0.6) is 0 Å². The quantitative estimate of drug-likeness (QED) is 0.622. The maximum atomic E-state index is 8.94. The van der Waals surface area contributed by atoms with E-state index in [9.17, 15) is 0 Å². The summed E-state index contributed by atoms with van der Waals surface area (Å²) in [7, 11) is 1.69. The lowest BCUT2D eigenvalue weighted by atomic mass is 9.85. The van der Waals surface area contributed by atoms with Gasteiger partial charge in [0.15, 0.2) is 0 Å². The standard InChI is InChI=1S/C9H15NO/c1-11-7-6-9(8-10)4-2-3-5-9/h2-7H2,1H3. The van der Waals surface area contributed by atoms with Gasteiger partial charge >= 0.3 is 0 Å². The minimum absolute atomic E-state index is 0.0317. The third-order valence-corrected chi connectivity index (χ3v) is 2.58. The van der Waals surface area contributed by atoms with Gasteiger partial charge in [-0.1, -0.05) is 12.8 Å². The molecule has 0 amide bonds. The molecule has 0 unspecified atom stereocenters. The highest BCUT2D eigenvalue weighted by Gasteiger charge is 2.33. The average molecular weight is 153 g/mol. The second-order valence-electron chi connectivity index (χ2n) is 3.34. The van der Waals surface area contributed by atoms with Crippen LogP contribution in [0, 0.1) is 16.7 Å². The summed E-state index contributed by atoms with van der Waals surface area (Å²) in [6.07, 6.45) is 5.51. The first-order valence-electron chi connectivity index (χ1n) is 4.23. The molecule has 0 atom stereocenters. The Morgan fingerprint density at radius 3 is 2.55 bits per heavy atom. The van der Waals surface area contributed by atoms with Crippen LogP contribution >= 0.6 is 0 Å². The Hall–Kier alpha value is -0.550. The van der Waals surface area contributed by atoms with Crippen LogP contribution in [0.2, 0.25) is 0 Å². The minimum Gasteiger partial charge on any atom is -0.385 e. The molecule has 1 fully saturated rings.